The van der Waals surface area contributed by atoms with Gasteiger partial charge in [0.2, 0.25) is 0 Å². The summed E-state index contributed by atoms with van der Waals surface area (Å²) in [6.07, 6.45) is -4.38. The van der Waals surface area contributed by atoms with Gasteiger partial charge in [-0.15, -0.1) is 0 Å². The number of carbonyl (C=O) groups is 1. The summed E-state index contributed by atoms with van der Waals surface area (Å²) in [6.45, 7) is -1.92. The molecule has 4 nitrogen and oxygen atoms in total. The Morgan fingerprint density at radius 2 is 2.00 bits per heavy atom. The maximum absolute atomic E-state index is 11.7. The van der Waals surface area contributed by atoms with Gasteiger partial charge in [-0.2, -0.15) is 13.2 Å². The van der Waals surface area contributed by atoms with Gasteiger partial charge in [0.1, 0.15) is 13.2 Å². The number of alkyl halides is 3. The number of rotatable bonds is 5. The fourth-order valence-corrected chi connectivity index (χ4v) is 1.13. The molecule has 0 unspecified atom stereocenters. The topological polar surface area (TPSA) is 61.6 Å². The lowest BCUT2D eigenvalue weighted by atomic mass is 10.2. The van der Waals surface area contributed by atoms with E-state index in [0.717, 1.165) is 0 Å². The molecule has 100 valence electrons. The van der Waals surface area contributed by atoms with Gasteiger partial charge in [0.25, 0.3) is 0 Å². The molecule has 0 atom stereocenters. The molecule has 2 N–H and O–H groups in total. The number of nitrogens with two attached hydrogens (primary N) is 1. The number of anilines is 1. The molecule has 0 amide bonds. The highest BCUT2D eigenvalue weighted by Gasteiger charge is 2.27. The zero-order chi connectivity index (χ0) is 13.6. The number of halogens is 3. The smallest absolute Gasteiger partial charge is 0.411 e. The number of nitrogen functional groups attached to an aromatic ring is 1. The van der Waals surface area contributed by atoms with Crippen LogP contribution in [0.1, 0.15) is 10.4 Å². The van der Waals surface area contributed by atoms with Crippen LogP contribution in [-0.2, 0) is 9.47 Å². The molecular weight excluding hydrogens is 251 g/mol. The van der Waals surface area contributed by atoms with Gasteiger partial charge in [-0.1, -0.05) is 6.07 Å². The summed E-state index contributed by atoms with van der Waals surface area (Å²) in [5.41, 5.74) is 6.11. The predicted octanol–water partition coefficient (Wildman–Crippen LogP) is 2.00. The number of hydrogen-bond acceptors (Lipinski definition) is 4. The normalized spacial score (nSPS) is 11.3. The molecule has 0 spiro atoms. The number of hydrogen-bond donors (Lipinski definition) is 1. The molecule has 0 fully saturated rings. The average molecular weight is 263 g/mol. The third kappa shape index (κ3) is 5.53. The second-order valence-corrected chi connectivity index (χ2v) is 3.43. The first-order valence-corrected chi connectivity index (χ1v) is 5.05. The summed E-state index contributed by atoms with van der Waals surface area (Å²) < 4.78 is 44.1. The highest BCUT2D eigenvalue weighted by atomic mass is 19.4. The zero-order valence-electron chi connectivity index (χ0n) is 9.37. The standard InChI is InChI=1S/C11H12F3NO3/c12-11(13,14)7-17-4-5-18-10(16)8-2-1-3-9(15)6-8/h1-3,6H,4-5,7,15H2. The minimum absolute atomic E-state index is 0.242. The molecule has 0 radical (unpaired) electrons. The van der Waals surface area contributed by atoms with Crippen molar-refractivity contribution in [2.75, 3.05) is 25.6 Å². The minimum atomic E-state index is -4.38. The van der Waals surface area contributed by atoms with E-state index in [9.17, 15) is 18.0 Å². The molecule has 1 aromatic carbocycles. The number of ether oxygens (including phenoxy) is 2. The third-order valence-corrected chi connectivity index (χ3v) is 1.85. The Labute approximate surface area is 101 Å². The van der Waals surface area contributed by atoms with Crippen LogP contribution in [0.3, 0.4) is 0 Å². The Kier molecular flexibility index (Phi) is 4.96. The van der Waals surface area contributed by atoms with Gasteiger partial charge in [0.15, 0.2) is 0 Å². The lowest BCUT2D eigenvalue weighted by Crippen LogP contribution is -2.19. The van der Waals surface area contributed by atoms with Crippen LogP contribution in [0.15, 0.2) is 24.3 Å². The van der Waals surface area contributed by atoms with Crippen LogP contribution in [-0.4, -0.2) is 32.0 Å². The molecule has 0 saturated carbocycles. The largest absolute Gasteiger partial charge is 0.460 e. The van der Waals surface area contributed by atoms with Crippen LogP contribution >= 0.6 is 0 Å². The van der Waals surface area contributed by atoms with Gasteiger partial charge in [-0.05, 0) is 18.2 Å². The van der Waals surface area contributed by atoms with Crippen molar-refractivity contribution in [1.29, 1.82) is 0 Å². The molecule has 0 bridgehead atoms. The number of esters is 1. The van der Waals surface area contributed by atoms with E-state index in [1.54, 1.807) is 12.1 Å². The van der Waals surface area contributed by atoms with Crippen LogP contribution in [0.4, 0.5) is 18.9 Å². The van der Waals surface area contributed by atoms with Crippen molar-refractivity contribution < 1.29 is 27.4 Å². The maximum Gasteiger partial charge on any atom is 0.411 e. The Bertz CT molecular complexity index is 407. The van der Waals surface area contributed by atoms with Gasteiger partial charge in [0, 0.05) is 5.69 Å². The van der Waals surface area contributed by atoms with Crippen molar-refractivity contribution in [2.45, 2.75) is 6.18 Å². The lowest BCUT2D eigenvalue weighted by Gasteiger charge is -2.08. The van der Waals surface area contributed by atoms with E-state index in [-0.39, 0.29) is 18.8 Å². The van der Waals surface area contributed by atoms with Crippen molar-refractivity contribution >= 4 is 11.7 Å². The summed E-state index contributed by atoms with van der Waals surface area (Å²) in [7, 11) is 0. The summed E-state index contributed by atoms with van der Waals surface area (Å²) in [5, 5.41) is 0. The van der Waals surface area contributed by atoms with E-state index in [2.05, 4.69) is 4.74 Å². The van der Waals surface area contributed by atoms with Crippen LogP contribution < -0.4 is 5.73 Å². The highest BCUT2D eigenvalue weighted by molar-refractivity contribution is 5.90. The van der Waals surface area contributed by atoms with Gasteiger partial charge in [-0.3, -0.25) is 0 Å². The lowest BCUT2D eigenvalue weighted by molar-refractivity contribution is -0.175. The highest BCUT2D eigenvalue weighted by Crippen LogP contribution is 2.14. The molecule has 18 heavy (non-hydrogen) atoms. The van der Waals surface area contributed by atoms with Gasteiger partial charge in [0.05, 0.1) is 12.2 Å². The second-order valence-electron chi connectivity index (χ2n) is 3.43. The molecule has 1 aromatic rings. The predicted molar refractivity (Wildman–Crippen MR) is 58.0 cm³/mol. The van der Waals surface area contributed by atoms with E-state index in [1.165, 1.54) is 12.1 Å². The van der Waals surface area contributed by atoms with Gasteiger partial charge < -0.3 is 15.2 Å². The molecule has 1 rings (SSSR count). The van der Waals surface area contributed by atoms with E-state index >= 15 is 0 Å². The molecule has 0 aliphatic heterocycles. The fraction of sp³-hybridized carbons (Fsp3) is 0.364. The van der Waals surface area contributed by atoms with E-state index in [0.29, 0.717) is 5.69 Å². The van der Waals surface area contributed by atoms with Crippen molar-refractivity contribution in [2.24, 2.45) is 0 Å². The van der Waals surface area contributed by atoms with Crippen molar-refractivity contribution in [3.05, 3.63) is 29.8 Å². The van der Waals surface area contributed by atoms with Gasteiger partial charge in [-0.25, -0.2) is 4.79 Å². The molecule has 0 aromatic heterocycles. The molecular formula is C11H12F3NO3. The number of benzene rings is 1. The Morgan fingerprint density at radius 3 is 2.61 bits per heavy atom. The van der Waals surface area contributed by atoms with Crippen LogP contribution in [0.5, 0.6) is 0 Å². The molecule has 0 aliphatic rings. The quantitative estimate of drug-likeness (QED) is 0.501. The first-order valence-electron chi connectivity index (χ1n) is 5.05. The first kappa shape index (κ1) is 14.3. The van der Waals surface area contributed by atoms with Crippen LogP contribution in [0.2, 0.25) is 0 Å². The van der Waals surface area contributed by atoms with Crippen molar-refractivity contribution in [3.63, 3.8) is 0 Å². The zero-order valence-corrected chi connectivity index (χ0v) is 9.37. The maximum atomic E-state index is 11.7. The van der Waals surface area contributed by atoms with Crippen molar-refractivity contribution in [1.82, 2.24) is 0 Å². The van der Waals surface area contributed by atoms with Gasteiger partial charge >= 0.3 is 12.1 Å². The number of carbonyl (C=O) groups excluding carboxylic acids is 1. The SMILES string of the molecule is Nc1cccc(C(=O)OCCOCC(F)(F)F)c1. The summed E-state index contributed by atoms with van der Waals surface area (Å²) >= 11 is 0. The summed E-state index contributed by atoms with van der Waals surface area (Å²) in [6, 6.07) is 6.09. The Hall–Kier alpha value is -1.76. The molecule has 0 aliphatic carbocycles. The Morgan fingerprint density at radius 1 is 1.28 bits per heavy atom. The monoisotopic (exact) mass is 263 g/mol. The average Bonchev–Trinajstić information content (AvgIpc) is 2.26. The molecule has 0 heterocycles. The molecule has 0 saturated heterocycles. The second kappa shape index (κ2) is 6.25. The summed E-state index contributed by atoms with van der Waals surface area (Å²) in [4.78, 5) is 11.4. The van der Waals surface area contributed by atoms with E-state index < -0.39 is 18.8 Å². The summed E-state index contributed by atoms with van der Waals surface area (Å²) in [5.74, 6) is -0.655. The Balaban J connectivity index is 2.26. The van der Waals surface area contributed by atoms with Crippen LogP contribution in [0.25, 0.3) is 0 Å². The fourth-order valence-electron chi connectivity index (χ4n) is 1.13. The minimum Gasteiger partial charge on any atom is -0.460 e. The van der Waals surface area contributed by atoms with Crippen LogP contribution in [0, 0.1) is 0 Å². The first-order chi connectivity index (χ1) is 8.38. The van der Waals surface area contributed by atoms with Crippen molar-refractivity contribution in [3.8, 4) is 0 Å². The van der Waals surface area contributed by atoms with E-state index in [1.807, 2.05) is 0 Å². The molecule has 7 heteroatoms. The van der Waals surface area contributed by atoms with E-state index in [4.69, 9.17) is 10.5 Å². The third-order valence-electron chi connectivity index (χ3n) is 1.85.